The monoisotopic (exact) mass is 230 g/mol. The summed E-state index contributed by atoms with van der Waals surface area (Å²) < 4.78 is 0. The van der Waals surface area contributed by atoms with Crippen molar-refractivity contribution >= 4 is 11.9 Å². The van der Waals surface area contributed by atoms with Gasteiger partial charge in [-0.2, -0.15) is 0 Å². The molecule has 2 atom stereocenters. The van der Waals surface area contributed by atoms with Gasteiger partial charge in [-0.15, -0.1) is 0 Å². The van der Waals surface area contributed by atoms with Gasteiger partial charge in [-0.25, -0.2) is 4.79 Å². The van der Waals surface area contributed by atoms with E-state index >= 15 is 0 Å². The summed E-state index contributed by atoms with van der Waals surface area (Å²) >= 11 is 0. The van der Waals surface area contributed by atoms with E-state index < -0.39 is 12.0 Å². The van der Waals surface area contributed by atoms with Crippen LogP contribution in [0.1, 0.15) is 39.5 Å². The van der Waals surface area contributed by atoms with Gasteiger partial charge in [0.25, 0.3) is 0 Å². The highest BCUT2D eigenvalue weighted by atomic mass is 16.4. The Bertz CT molecular complexity index is 231. The summed E-state index contributed by atoms with van der Waals surface area (Å²) in [5.41, 5.74) is 5.27. The van der Waals surface area contributed by atoms with Crippen molar-refractivity contribution < 1.29 is 14.7 Å². The second kappa shape index (κ2) is 8.10. The predicted molar refractivity (Wildman–Crippen MR) is 61.9 cm³/mol. The number of carboxylic acid groups (broad SMARTS) is 1. The molecule has 16 heavy (non-hydrogen) atoms. The molecule has 0 aliphatic heterocycles. The molecule has 0 bridgehead atoms. The van der Waals surface area contributed by atoms with Crippen LogP contribution in [0.2, 0.25) is 0 Å². The zero-order valence-corrected chi connectivity index (χ0v) is 10.0. The first-order valence-corrected chi connectivity index (χ1v) is 5.73. The van der Waals surface area contributed by atoms with Gasteiger partial charge in [0.2, 0.25) is 5.91 Å². The maximum atomic E-state index is 11.4. The second-order valence-electron chi connectivity index (χ2n) is 4.09. The number of aliphatic carboxylic acids is 1. The summed E-state index contributed by atoms with van der Waals surface area (Å²) in [6, 6.07) is -0.852. The van der Waals surface area contributed by atoms with Crippen LogP contribution in [0.5, 0.6) is 0 Å². The van der Waals surface area contributed by atoms with E-state index in [1.165, 1.54) is 0 Å². The van der Waals surface area contributed by atoms with E-state index in [1.54, 1.807) is 0 Å². The molecule has 0 spiro atoms. The van der Waals surface area contributed by atoms with Gasteiger partial charge in [-0.05, 0) is 25.3 Å². The van der Waals surface area contributed by atoms with E-state index in [0.717, 1.165) is 12.8 Å². The summed E-state index contributed by atoms with van der Waals surface area (Å²) in [4.78, 5) is 22.2. The van der Waals surface area contributed by atoms with Gasteiger partial charge in [-0.3, -0.25) is 4.79 Å². The Hall–Kier alpha value is -1.10. The van der Waals surface area contributed by atoms with Crippen molar-refractivity contribution in [3.8, 4) is 0 Å². The van der Waals surface area contributed by atoms with E-state index in [0.29, 0.717) is 12.3 Å². The summed E-state index contributed by atoms with van der Waals surface area (Å²) in [6.07, 6.45) is 2.46. The van der Waals surface area contributed by atoms with Gasteiger partial charge in [0.1, 0.15) is 6.04 Å². The first kappa shape index (κ1) is 14.9. The molecule has 94 valence electrons. The number of nitrogens with one attached hydrogen (secondary N) is 1. The van der Waals surface area contributed by atoms with E-state index in [4.69, 9.17) is 10.8 Å². The lowest BCUT2D eigenvalue weighted by Crippen LogP contribution is -2.42. The topological polar surface area (TPSA) is 92.4 Å². The number of hydrogen-bond acceptors (Lipinski definition) is 3. The highest BCUT2D eigenvalue weighted by Gasteiger charge is 2.18. The molecule has 1 amide bonds. The molecule has 0 saturated heterocycles. The molecule has 0 aromatic heterocycles. The summed E-state index contributed by atoms with van der Waals surface area (Å²) in [5, 5.41) is 11.3. The third kappa shape index (κ3) is 6.40. The summed E-state index contributed by atoms with van der Waals surface area (Å²) in [5.74, 6) is -0.743. The molecule has 0 aliphatic carbocycles. The standard InChI is InChI=1S/C11H22N2O3/c1-3-8(2)4-5-10(14)13-9(6-7-12)11(15)16/h8-9H,3-7,12H2,1-2H3,(H,13,14)(H,15,16)/t8?,9-/m1/s1. The van der Waals surface area contributed by atoms with Crippen LogP contribution in [0.25, 0.3) is 0 Å². The molecular weight excluding hydrogens is 208 g/mol. The van der Waals surface area contributed by atoms with E-state index in [2.05, 4.69) is 19.2 Å². The number of rotatable bonds is 8. The molecule has 0 fully saturated rings. The number of carbonyl (C=O) groups is 2. The van der Waals surface area contributed by atoms with Crippen molar-refractivity contribution in [2.24, 2.45) is 11.7 Å². The lowest BCUT2D eigenvalue weighted by Gasteiger charge is -2.14. The van der Waals surface area contributed by atoms with Crippen molar-refractivity contribution in [2.45, 2.75) is 45.6 Å². The maximum Gasteiger partial charge on any atom is 0.326 e. The predicted octanol–water partition coefficient (Wildman–Crippen LogP) is 0.731. The van der Waals surface area contributed by atoms with E-state index in [-0.39, 0.29) is 18.9 Å². The molecule has 0 saturated carbocycles. The SMILES string of the molecule is CCC(C)CCC(=O)N[C@H](CCN)C(=O)O. The van der Waals surface area contributed by atoms with Crippen LogP contribution >= 0.6 is 0 Å². The number of hydrogen-bond donors (Lipinski definition) is 3. The molecule has 0 aromatic carbocycles. The molecule has 0 heterocycles. The average Bonchev–Trinajstić information content (AvgIpc) is 2.25. The number of carbonyl (C=O) groups excluding carboxylic acids is 1. The van der Waals surface area contributed by atoms with E-state index in [9.17, 15) is 9.59 Å². The quantitative estimate of drug-likeness (QED) is 0.573. The highest BCUT2D eigenvalue weighted by molar-refractivity contribution is 5.83. The molecule has 0 radical (unpaired) electrons. The fourth-order valence-electron chi connectivity index (χ4n) is 1.27. The lowest BCUT2D eigenvalue weighted by molar-refractivity contribution is -0.142. The molecule has 0 aromatic rings. The molecule has 5 heteroatoms. The maximum absolute atomic E-state index is 11.4. The number of nitrogens with two attached hydrogens (primary N) is 1. The average molecular weight is 230 g/mol. The van der Waals surface area contributed by atoms with Crippen molar-refractivity contribution in [1.29, 1.82) is 0 Å². The minimum atomic E-state index is -1.03. The molecular formula is C11H22N2O3. The fraction of sp³-hybridized carbons (Fsp3) is 0.818. The molecule has 0 rings (SSSR count). The molecule has 0 aliphatic rings. The largest absolute Gasteiger partial charge is 0.480 e. The number of carboxylic acids is 1. The fourth-order valence-corrected chi connectivity index (χ4v) is 1.27. The van der Waals surface area contributed by atoms with Gasteiger partial charge in [0.05, 0.1) is 0 Å². The minimum absolute atomic E-state index is 0.207. The van der Waals surface area contributed by atoms with Gasteiger partial charge < -0.3 is 16.2 Å². The second-order valence-corrected chi connectivity index (χ2v) is 4.09. The normalized spacial score (nSPS) is 14.2. The van der Waals surface area contributed by atoms with Gasteiger partial charge in [-0.1, -0.05) is 20.3 Å². The highest BCUT2D eigenvalue weighted by Crippen LogP contribution is 2.09. The van der Waals surface area contributed by atoms with Gasteiger partial charge >= 0.3 is 5.97 Å². The van der Waals surface area contributed by atoms with Crippen molar-refractivity contribution in [1.82, 2.24) is 5.32 Å². The Kier molecular flexibility index (Phi) is 7.54. The van der Waals surface area contributed by atoms with Crippen molar-refractivity contribution in [2.75, 3.05) is 6.54 Å². The van der Waals surface area contributed by atoms with Crippen LogP contribution in [0.3, 0.4) is 0 Å². The van der Waals surface area contributed by atoms with Crippen molar-refractivity contribution in [3.63, 3.8) is 0 Å². The first-order valence-electron chi connectivity index (χ1n) is 5.73. The van der Waals surface area contributed by atoms with E-state index in [1.807, 2.05) is 0 Å². The third-order valence-electron chi connectivity index (χ3n) is 2.65. The number of amides is 1. The zero-order valence-electron chi connectivity index (χ0n) is 10.0. The zero-order chi connectivity index (χ0) is 12.6. The minimum Gasteiger partial charge on any atom is -0.480 e. The van der Waals surface area contributed by atoms with Crippen molar-refractivity contribution in [3.05, 3.63) is 0 Å². The summed E-state index contributed by atoms with van der Waals surface area (Å²) in [6.45, 7) is 4.39. The molecule has 1 unspecified atom stereocenters. The smallest absolute Gasteiger partial charge is 0.326 e. The van der Waals surface area contributed by atoms with Crippen LogP contribution in [-0.4, -0.2) is 29.6 Å². The van der Waals surface area contributed by atoms with Gasteiger partial charge in [0, 0.05) is 6.42 Å². The lowest BCUT2D eigenvalue weighted by atomic mass is 10.0. The van der Waals surface area contributed by atoms with Crippen LogP contribution in [0.4, 0.5) is 0 Å². The summed E-state index contributed by atoms with van der Waals surface area (Å²) in [7, 11) is 0. The van der Waals surface area contributed by atoms with Crippen LogP contribution in [0, 0.1) is 5.92 Å². The Balaban J connectivity index is 3.95. The Morgan fingerprint density at radius 3 is 2.44 bits per heavy atom. The third-order valence-corrected chi connectivity index (χ3v) is 2.65. The molecule has 4 N–H and O–H groups in total. The Labute approximate surface area is 96.4 Å². The van der Waals surface area contributed by atoms with Crippen LogP contribution in [0.15, 0.2) is 0 Å². The van der Waals surface area contributed by atoms with Crippen LogP contribution < -0.4 is 11.1 Å². The Morgan fingerprint density at radius 2 is 2.00 bits per heavy atom. The first-order chi connectivity index (χ1) is 7.51. The Morgan fingerprint density at radius 1 is 1.38 bits per heavy atom. The molecule has 5 nitrogen and oxygen atoms in total. The van der Waals surface area contributed by atoms with Gasteiger partial charge in [0.15, 0.2) is 0 Å². The van der Waals surface area contributed by atoms with Crippen LogP contribution in [-0.2, 0) is 9.59 Å².